The number of methoxy groups -OCH3 is 1. The molecule has 6 aromatic rings. The van der Waals surface area contributed by atoms with Crippen LogP contribution in [-0.2, 0) is 25.7 Å². The van der Waals surface area contributed by atoms with E-state index >= 15 is 0 Å². The molecule has 2 heterocycles. The number of pyridine rings is 2. The van der Waals surface area contributed by atoms with Crippen molar-refractivity contribution in [2.24, 2.45) is 0 Å². The summed E-state index contributed by atoms with van der Waals surface area (Å²) in [7, 11) is -1.49. The normalized spacial score (nSPS) is 11.0. The first-order valence-corrected chi connectivity index (χ1v) is 21.4. The predicted octanol–water partition coefficient (Wildman–Crippen LogP) is 9.01. The Bertz CT molecular complexity index is 2770. The number of halogens is 7. The van der Waals surface area contributed by atoms with Crippen LogP contribution in [0.4, 0.5) is 20.2 Å². The number of anilines is 2. The van der Waals surface area contributed by atoms with Crippen LogP contribution < -0.4 is 15.2 Å². The van der Waals surface area contributed by atoms with Gasteiger partial charge in [-0.05, 0) is 60.2 Å². The molecule has 2 aromatic heterocycles. The molecule has 0 bridgehead atoms. The highest BCUT2D eigenvalue weighted by molar-refractivity contribution is 8.13. The number of carbonyl (C=O) groups excluding carboxylic acids is 2. The van der Waals surface area contributed by atoms with Crippen molar-refractivity contribution < 1.29 is 45.0 Å². The van der Waals surface area contributed by atoms with Crippen LogP contribution in [0, 0.1) is 11.6 Å². The first-order chi connectivity index (χ1) is 27.8. The molecule has 0 saturated carbocycles. The van der Waals surface area contributed by atoms with E-state index in [1.54, 1.807) is 18.2 Å². The number of carbonyl (C=O) groups is 2. The standard InChI is InChI=1S/C19H13Cl2FN2O4S.C13H10ClFN2O2.C6H4Cl2O2S/c20-12-8-15(24-29(27,28)16-7-2-1-5-13(16)21)18(23-9-12)19(26)17-11(10-25)4-3-6-14(17)22;1-19-10-4-2-3-8(15)11(10)13(18)12-9(16)5-7(14)6-17-12;7-5-3-1-2-4-6(5)11(8,9)10/h1-9,24-25H,10H2;2-6H,16H2,1H3;1-4H. The summed E-state index contributed by atoms with van der Waals surface area (Å²) in [5, 5.41) is 9.89. The molecule has 0 aliphatic carbocycles. The number of aliphatic hydroxyl groups is 1. The van der Waals surface area contributed by atoms with Gasteiger partial charge in [-0.25, -0.2) is 35.6 Å². The molecule has 0 fully saturated rings. The van der Waals surface area contributed by atoms with Crippen LogP contribution in [-0.4, -0.2) is 50.6 Å². The smallest absolute Gasteiger partial charge is 0.263 e. The van der Waals surface area contributed by atoms with E-state index < -0.39 is 54.4 Å². The van der Waals surface area contributed by atoms with Gasteiger partial charge in [-0.3, -0.25) is 14.3 Å². The summed E-state index contributed by atoms with van der Waals surface area (Å²) in [5.41, 5.74) is 4.47. The number of nitrogens with zero attached hydrogens (tertiary/aromatic N) is 2. The fraction of sp³-hybridized carbons (Fsp3) is 0.0526. The average molecular weight is 947 g/mol. The molecular formula is C38H27Cl5F2N4O8S2. The maximum absolute atomic E-state index is 14.3. The van der Waals surface area contributed by atoms with Crippen molar-refractivity contribution in [1.82, 2.24) is 9.97 Å². The van der Waals surface area contributed by atoms with Crippen LogP contribution >= 0.6 is 57.1 Å². The molecule has 4 aromatic carbocycles. The summed E-state index contributed by atoms with van der Waals surface area (Å²) in [6, 6.07) is 22.2. The van der Waals surface area contributed by atoms with Gasteiger partial charge in [0.05, 0.1) is 50.7 Å². The van der Waals surface area contributed by atoms with Crippen molar-refractivity contribution in [2.45, 2.75) is 16.4 Å². The van der Waals surface area contributed by atoms with Crippen LogP contribution in [0.3, 0.4) is 0 Å². The number of rotatable bonds is 10. The minimum absolute atomic E-state index is 0.0282. The zero-order valence-corrected chi connectivity index (χ0v) is 35.3. The van der Waals surface area contributed by atoms with Crippen LogP contribution in [0.5, 0.6) is 5.75 Å². The van der Waals surface area contributed by atoms with Crippen LogP contribution in [0.25, 0.3) is 0 Å². The lowest BCUT2D eigenvalue weighted by Gasteiger charge is -2.14. The molecule has 0 aliphatic rings. The Morgan fingerprint density at radius 3 is 1.76 bits per heavy atom. The van der Waals surface area contributed by atoms with E-state index in [-0.39, 0.29) is 64.5 Å². The molecule has 0 amide bonds. The Hall–Kier alpha value is -4.91. The van der Waals surface area contributed by atoms with Crippen molar-refractivity contribution >= 4 is 99.1 Å². The maximum Gasteiger partial charge on any atom is 0.263 e. The summed E-state index contributed by atoms with van der Waals surface area (Å²) in [4.78, 5) is 32.7. The number of ether oxygens (including phenoxy) is 1. The second-order valence-electron chi connectivity index (χ2n) is 11.5. The number of aliphatic hydroxyl groups excluding tert-OH is 1. The van der Waals surface area contributed by atoms with Gasteiger partial charge in [0.25, 0.3) is 19.1 Å². The molecule has 0 atom stereocenters. The Kier molecular flexibility index (Phi) is 16.2. The molecule has 0 radical (unpaired) electrons. The highest BCUT2D eigenvalue weighted by atomic mass is 35.7. The number of nitrogens with two attached hydrogens (primary N) is 1. The Balaban J connectivity index is 0.000000219. The van der Waals surface area contributed by atoms with E-state index in [4.69, 9.17) is 67.6 Å². The van der Waals surface area contributed by atoms with Gasteiger partial charge in [0.15, 0.2) is 0 Å². The van der Waals surface area contributed by atoms with E-state index in [0.29, 0.717) is 5.02 Å². The lowest BCUT2D eigenvalue weighted by molar-refractivity contribution is 0.102. The van der Waals surface area contributed by atoms with E-state index in [2.05, 4.69) is 14.7 Å². The van der Waals surface area contributed by atoms with Gasteiger partial charge in [0, 0.05) is 23.1 Å². The van der Waals surface area contributed by atoms with Gasteiger partial charge in [-0.15, -0.1) is 0 Å². The number of nitrogen functional groups attached to an aromatic ring is 1. The minimum atomic E-state index is -4.20. The lowest BCUT2D eigenvalue weighted by Crippen LogP contribution is -2.18. The molecule has 308 valence electrons. The Morgan fingerprint density at radius 1 is 0.729 bits per heavy atom. The fourth-order valence-corrected chi connectivity index (χ4v) is 8.34. The van der Waals surface area contributed by atoms with Crippen LogP contribution in [0.1, 0.15) is 37.7 Å². The molecule has 0 unspecified atom stereocenters. The van der Waals surface area contributed by atoms with Crippen molar-refractivity contribution in [3.05, 3.63) is 169 Å². The molecule has 12 nitrogen and oxygen atoms in total. The second-order valence-corrected chi connectivity index (χ2v) is 17.3. The molecular weight excluding hydrogens is 920 g/mol. The number of ketones is 2. The number of nitrogens with one attached hydrogen (secondary N) is 1. The summed E-state index contributed by atoms with van der Waals surface area (Å²) < 4.78 is 82.2. The van der Waals surface area contributed by atoms with Crippen molar-refractivity contribution in [3.8, 4) is 5.75 Å². The number of sulfonamides is 1. The monoisotopic (exact) mass is 944 g/mol. The zero-order chi connectivity index (χ0) is 43.7. The van der Waals surface area contributed by atoms with Crippen LogP contribution in [0.15, 0.2) is 119 Å². The van der Waals surface area contributed by atoms with Gasteiger partial charge in [-0.1, -0.05) is 88.9 Å². The highest BCUT2D eigenvalue weighted by Gasteiger charge is 2.26. The Morgan fingerprint density at radius 2 is 1.24 bits per heavy atom. The lowest BCUT2D eigenvalue weighted by atomic mass is 10.0. The van der Waals surface area contributed by atoms with Crippen molar-refractivity contribution in [1.29, 1.82) is 0 Å². The van der Waals surface area contributed by atoms with Gasteiger partial charge in [-0.2, -0.15) is 0 Å². The molecule has 0 aliphatic heterocycles. The van der Waals surface area contributed by atoms with Gasteiger partial charge in [0.2, 0.25) is 11.6 Å². The number of hydrogen-bond acceptors (Lipinski definition) is 11. The minimum Gasteiger partial charge on any atom is -0.496 e. The van der Waals surface area contributed by atoms with E-state index in [0.717, 1.165) is 12.3 Å². The summed E-state index contributed by atoms with van der Waals surface area (Å²) in [5.74, 6) is -3.01. The van der Waals surface area contributed by atoms with E-state index in [1.807, 2.05) is 0 Å². The third-order valence-electron chi connectivity index (χ3n) is 7.56. The van der Waals surface area contributed by atoms with Gasteiger partial charge < -0.3 is 15.6 Å². The number of benzene rings is 4. The average Bonchev–Trinajstić information content (AvgIpc) is 3.17. The zero-order valence-electron chi connectivity index (χ0n) is 29.8. The molecule has 21 heteroatoms. The third-order valence-corrected chi connectivity index (χ3v) is 11.7. The Labute approximate surface area is 360 Å². The quantitative estimate of drug-likeness (QED) is 0.0876. The molecule has 4 N–H and O–H groups in total. The molecule has 59 heavy (non-hydrogen) atoms. The number of hydrogen-bond donors (Lipinski definition) is 3. The highest BCUT2D eigenvalue weighted by Crippen LogP contribution is 2.30. The second kappa shape index (κ2) is 20.4. The summed E-state index contributed by atoms with van der Waals surface area (Å²) in [6.07, 6.45) is 2.40. The summed E-state index contributed by atoms with van der Waals surface area (Å²) >= 11 is 23.1. The van der Waals surface area contributed by atoms with E-state index in [1.165, 1.54) is 86.1 Å². The van der Waals surface area contributed by atoms with Crippen LogP contribution in [0.2, 0.25) is 20.1 Å². The maximum atomic E-state index is 14.3. The first-order valence-electron chi connectivity index (χ1n) is 16.1. The van der Waals surface area contributed by atoms with Crippen molar-refractivity contribution in [2.75, 3.05) is 17.6 Å². The molecule has 6 rings (SSSR count). The fourth-order valence-electron chi connectivity index (χ4n) is 4.93. The largest absolute Gasteiger partial charge is 0.496 e. The van der Waals surface area contributed by atoms with Gasteiger partial charge >= 0.3 is 0 Å². The SMILES string of the molecule is COc1cccc(F)c1C(=O)c1ncc(Cl)cc1N.O=C(c1ncc(Cl)cc1NS(=O)(=O)c1ccccc1Cl)c1c(F)cccc1CO.O=S(=O)(Cl)c1ccccc1Cl. The summed E-state index contributed by atoms with van der Waals surface area (Å²) in [6.45, 7) is -0.590. The molecule has 0 saturated heterocycles. The topological polar surface area (TPSA) is 196 Å². The van der Waals surface area contributed by atoms with Gasteiger partial charge in [0.1, 0.15) is 44.1 Å². The number of aromatic nitrogens is 2. The van der Waals surface area contributed by atoms with E-state index in [9.17, 15) is 40.3 Å². The van der Waals surface area contributed by atoms with Crippen molar-refractivity contribution in [3.63, 3.8) is 0 Å². The third kappa shape index (κ3) is 11.9. The first kappa shape index (κ1) is 46.8. The molecule has 0 spiro atoms. The predicted molar refractivity (Wildman–Crippen MR) is 222 cm³/mol.